The first-order chi connectivity index (χ1) is 10.2. The van der Waals surface area contributed by atoms with E-state index in [2.05, 4.69) is 0 Å². The highest BCUT2D eigenvalue weighted by molar-refractivity contribution is 7.91. The zero-order valence-electron chi connectivity index (χ0n) is 13.2. The van der Waals surface area contributed by atoms with Crippen LogP contribution in [0.3, 0.4) is 0 Å². The van der Waals surface area contributed by atoms with Crippen molar-refractivity contribution in [3.8, 4) is 0 Å². The van der Waals surface area contributed by atoms with Gasteiger partial charge in [0.1, 0.15) is 4.84 Å². The summed E-state index contributed by atoms with van der Waals surface area (Å²) in [4.78, 5) is -0.812. The zero-order valence-corrected chi connectivity index (χ0v) is 15.6. The van der Waals surface area contributed by atoms with Crippen molar-refractivity contribution < 1.29 is 22.6 Å². The van der Waals surface area contributed by atoms with E-state index in [1.54, 1.807) is 6.92 Å². The lowest BCUT2D eigenvalue weighted by Gasteiger charge is -2.25. The fourth-order valence-electron chi connectivity index (χ4n) is 1.36. The number of sulfone groups is 1. The summed E-state index contributed by atoms with van der Waals surface area (Å²) >= 11 is 11.4. The van der Waals surface area contributed by atoms with Gasteiger partial charge in [0.05, 0.1) is 44.5 Å². The molecule has 22 heavy (non-hydrogen) atoms. The van der Waals surface area contributed by atoms with E-state index in [-0.39, 0.29) is 24.5 Å². The van der Waals surface area contributed by atoms with Gasteiger partial charge in [-0.05, 0) is 20.3 Å². The highest BCUT2D eigenvalue weighted by Crippen LogP contribution is 2.21. The molecule has 134 valence electrons. The van der Waals surface area contributed by atoms with Crippen LogP contribution in [0.4, 0.5) is 0 Å². The largest absolute Gasteiger partial charge is 0.379 e. The minimum Gasteiger partial charge on any atom is -0.379 e. The summed E-state index contributed by atoms with van der Waals surface area (Å²) in [7, 11) is -3.24. The van der Waals surface area contributed by atoms with Crippen LogP contribution in [-0.2, 0) is 24.0 Å². The molecular weight excluding hydrogens is 353 g/mol. The molecule has 0 heterocycles. The standard InChI is InChI=1S/C13H27Cl2NO5S/c1-3-19-5-6-20-7-8-21-9-11-22(17,18)10-4-13(2,16)12(14)15/h12H,3-11,16H2,1-2H3. The molecule has 0 amide bonds. The number of halogens is 2. The fraction of sp³-hybridized carbons (Fsp3) is 1.00. The molecule has 9 heteroatoms. The Hall–Kier alpha value is 0.370. The lowest BCUT2D eigenvalue weighted by atomic mass is 10.0. The SMILES string of the molecule is CCOCCOCCOCCS(=O)(=O)CCC(C)(N)C(Cl)Cl. The van der Waals surface area contributed by atoms with Crippen molar-refractivity contribution in [2.75, 3.05) is 51.1 Å². The Bertz CT molecular complexity index is 377. The number of alkyl halides is 2. The Kier molecular flexibility index (Phi) is 12.0. The molecule has 0 saturated heterocycles. The van der Waals surface area contributed by atoms with Crippen LogP contribution in [0.25, 0.3) is 0 Å². The molecule has 0 fully saturated rings. The maximum Gasteiger partial charge on any atom is 0.152 e. The van der Waals surface area contributed by atoms with Crippen LogP contribution < -0.4 is 5.73 Å². The van der Waals surface area contributed by atoms with Crippen molar-refractivity contribution >= 4 is 33.0 Å². The predicted molar refractivity (Wildman–Crippen MR) is 89.5 cm³/mol. The lowest BCUT2D eigenvalue weighted by Crippen LogP contribution is -2.44. The molecule has 0 aromatic rings. The third kappa shape index (κ3) is 11.9. The lowest BCUT2D eigenvalue weighted by molar-refractivity contribution is 0.0198. The van der Waals surface area contributed by atoms with Crippen LogP contribution in [0, 0.1) is 0 Å². The summed E-state index contributed by atoms with van der Waals surface area (Å²) in [6, 6.07) is 0. The van der Waals surface area contributed by atoms with Gasteiger partial charge in [-0.15, -0.1) is 23.2 Å². The Morgan fingerprint density at radius 3 is 2.00 bits per heavy atom. The Balaban J connectivity index is 3.69. The third-order valence-electron chi connectivity index (χ3n) is 2.94. The van der Waals surface area contributed by atoms with Crippen molar-refractivity contribution in [2.45, 2.75) is 30.6 Å². The van der Waals surface area contributed by atoms with Crippen molar-refractivity contribution in [2.24, 2.45) is 5.73 Å². The van der Waals surface area contributed by atoms with E-state index >= 15 is 0 Å². The van der Waals surface area contributed by atoms with Crippen LogP contribution in [0.15, 0.2) is 0 Å². The number of nitrogens with two attached hydrogens (primary N) is 1. The van der Waals surface area contributed by atoms with E-state index in [9.17, 15) is 8.42 Å². The molecule has 0 aliphatic heterocycles. The molecular formula is C13H27Cl2NO5S. The van der Waals surface area contributed by atoms with Gasteiger partial charge >= 0.3 is 0 Å². The van der Waals surface area contributed by atoms with Gasteiger partial charge in [0.2, 0.25) is 0 Å². The topological polar surface area (TPSA) is 87.9 Å². The number of rotatable bonds is 14. The second kappa shape index (κ2) is 11.8. The highest BCUT2D eigenvalue weighted by atomic mass is 35.5. The van der Waals surface area contributed by atoms with Crippen molar-refractivity contribution in [3.05, 3.63) is 0 Å². The normalized spacial score (nSPS) is 15.2. The van der Waals surface area contributed by atoms with Crippen molar-refractivity contribution in [3.63, 3.8) is 0 Å². The Labute approximate surface area is 143 Å². The first-order valence-electron chi connectivity index (χ1n) is 7.22. The number of hydrogen-bond acceptors (Lipinski definition) is 6. The van der Waals surface area contributed by atoms with Gasteiger partial charge in [-0.1, -0.05) is 0 Å². The Morgan fingerprint density at radius 2 is 1.50 bits per heavy atom. The van der Waals surface area contributed by atoms with E-state index in [1.165, 1.54) is 0 Å². The average molecular weight is 380 g/mol. The molecule has 0 radical (unpaired) electrons. The maximum atomic E-state index is 11.8. The average Bonchev–Trinajstić information content (AvgIpc) is 2.43. The molecule has 1 atom stereocenters. The third-order valence-corrected chi connectivity index (χ3v) is 5.55. The molecule has 2 N–H and O–H groups in total. The van der Waals surface area contributed by atoms with Gasteiger partial charge in [0, 0.05) is 12.1 Å². The van der Waals surface area contributed by atoms with Gasteiger partial charge in [-0.2, -0.15) is 0 Å². The first-order valence-corrected chi connectivity index (χ1v) is 9.91. The van der Waals surface area contributed by atoms with E-state index in [0.29, 0.717) is 33.0 Å². The summed E-state index contributed by atoms with van der Waals surface area (Å²) in [5.41, 5.74) is 4.90. The molecule has 0 rings (SSSR count). The molecule has 0 aromatic heterocycles. The van der Waals surface area contributed by atoms with Gasteiger partial charge in [0.25, 0.3) is 0 Å². The second-order valence-corrected chi connectivity index (χ2v) is 8.53. The maximum absolute atomic E-state index is 11.8. The first kappa shape index (κ1) is 22.4. The summed E-state index contributed by atoms with van der Waals surface area (Å²) in [6.07, 6.45) is 0.202. The van der Waals surface area contributed by atoms with Crippen LogP contribution >= 0.6 is 23.2 Å². The fourth-order valence-corrected chi connectivity index (χ4v) is 2.90. The zero-order chi connectivity index (χ0) is 17.1. The van der Waals surface area contributed by atoms with Gasteiger partial charge < -0.3 is 19.9 Å². The van der Waals surface area contributed by atoms with E-state index in [0.717, 1.165) is 0 Å². The van der Waals surface area contributed by atoms with Crippen LogP contribution in [0.1, 0.15) is 20.3 Å². The quantitative estimate of drug-likeness (QED) is 0.362. The minimum absolute atomic E-state index is 0.0583. The second-order valence-electron chi connectivity index (χ2n) is 5.13. The van der Waals surface area contributed by atoms with Crippen LogP contribution in [-0.4, -0.2) is 69.9 Å². The molecule has 6 nitrogen and oxygen atoms in total. The van der Waals surface area contributed by atoms with E-state index < -0.39 is 20.2 Å². The van der Waals surface area contributed by atoms with E-state index in [4.69, 9.17) is 43.1 Å². The number of hydrogen-bond donors (Lipinski definition) is 1. The highest BCUT2D eigenvalue weighted by Gasteiger charge is 2.28. The van der Waals surface area contributed by atoms with Gasteiger partial charge in [0.15, 0.2) is 9.84 Å². The van der Waals surface area contributed by atoms with Gasteiger partial charge in [-0.3, -0.25) is 0 Å². The molecule has 0 aliphatic carbocycles. The summed E-state index contributed by atoms with van der Waals surface area (Å²) < 4.78 is 39.2. The van der Waals surface area contributed by atoms with Gasteiger partial charge in [-0.25, -0.2) is 8.42 Å². The van der Waals surface area contributed by atoms with Crippen LogP contribution in [0.5, 0.6) is 0 Å². The summed E-state index contributed by atoms with van der Waals surface area (Å²) in [5.74, 6) is -0.124. The Morgan fingerprint density at radius 1 is 1.00 bits per heavy atom. The van der Waals surface area contributed by atoms with Crippen LogP contribution in [0.2, 0.25) is 0 Å². The summed E-state index contributed by atoms with van der Waals surface area (Å²) in [6.45, 7) is 6.14. The van der Waals surface area contributed by atoms with Crippen molar-refractivity contribution in [1.82, 2.24) is 0 Å². The van der Waals surface area contributed by atoms with Crippen molar-refractivity contribution in [1.29, 1.82) is 0 Å². The van der Waals surface area contributed by atoms with E-state index in [1.807, 2.05) is 6.92 Å². The molecule has 0 aliphatic rings. The molecule has 0 aromatic carbocycles. The smallest absolute Gasteiger partial charge is 0.152 e. The molecule has 0 saturated carbocycles. The molecule has 0 spiro atoms. The molecule has 1 unspecified atom stereocenters. The summed E-state index contributed by atoms with van der Waals surface area (Å²) in [5, 5.41) is 0. The minimum atomic E-state index is -3.24. The predicted octanol–water partition coefficient (Wildman–Crippen LogP) is 1.38. The monoisotopic (exact) mass is 379 g/mol. The number of ether oxygens (including phenoxy) is 3. The molecule has 0 bridgehead atoms.